The molecule has 148 valence electrons. The van der Waals surface area contributed by atoms with Gasteiger partial charge in [0.25, 0.3) is 0 Å². The van der Waals surface area contributed by atoms with Crippen LogP contribution < -0.4 is 0 Å². The van der Waals surface area contributed by atoms with Gasteiger partial charge in [-0.1, -0.05) is 23.2 Å². The average Bonchev–Trinajstić information content (AvgIpc) is 3.09. The van der Waals surface area contributed by atoms with Gasteiger partial charge in [0.2, 0.25) is 0 Å². The van der Waals surface area contributed by atoms with Crippen molar-refractivity contribution in [2.24, 2.45) is 0 Å². The molecule has 2 aromatic rings. The van der Waals surface area contributed by atoms with Gasteiger partial charge in [0, 0.05) is 23.6 Å². The predicted molar refractivity (Wildman–Crippen MR) is 103 cm³/mol. The molecule has 8 heteroatoms. The molecular formula is C20H18Cl2O6. The molecule has 6 nitrogen and oxygen atoms in total. The van der Waals surface area contributed by atoms with E-state index in [-0.39, 0.29) is 6.61 Å². The second-order valence-electron chi connectivity index (χ2n) is 6.13. The summed E-state index contributed by atoms with van der Waals surface area (Å²) >= 11 is 11.6. The lowest BCUT2D eigenvalue weighted by Gasteiger charge is -2.18. The fraction of sp³-hybridized carbons (Fsp3) is 0.300. The first-order chi connectivity index (χ1) is 13.5. The van der Waals surface area contributed by atoms with Crippen LogP contribution in [0.2, 0.25) is 10.0 Å². The third-order valence-electron chi connectivity index (χ3n) is 4.23. The molecule has 1 unspecified atom stereocenters. The third-order valence-corrected chi connectivity index (χ3v) is 4.73. The van der Waals surface area contributed by atoms with Gasteiger partial charge < -0.3 is 18.9 Å². The Morgan fingerprint density at radius 1 is 0.964 bits per heavy atom. The van der Waals surface area contributed by atoms with E-state index in [4.69, 9.17) is 42.1 Å². The molecule has 0 radical (unpaired) electrons. The summed E-state index contributed by atoms with van der Waals surface area (Å²) < 4.78 is 21.7. The molecule has 0 spiro atoms. The first-order valence-corrected chi connectivity index (χ1v) is 9.29. The summed E-state index contributed by atoms with van der Waals surface area (Å²) in [7, 11) is 1.49. The minimum absolute atomic E-state index is 0.0834. The number of esters is 2. The van der Waals surface area contributed by atoms with Gasteiger partial charge in [-0.3, -0.25) is 0 Å². The van der Waals surface area contributed by atoms with E-state index in [9.17, 15) is 9.59 Å². The van der Waals surface area contributed by atoms with Crippen LogP contribution in [0.25, 0.3) is 0 Å². The van der Waals surface area contributed by atoms with Crippen LogP contribution >= 0.6 is 23.2 Å². The first-order valence-electron chi connectivity index (χ1n) is 8.54. The van der Waals surface area contributed by atoms with Crippen molar-refractivity contribution in [2.45, 2.75) is 24.9 Å². The highest BCUT2D eigenvalue weighted by Gasteiger charge is 2.39. The fourth-order valence-electron chi connectivity index (χ4n) is 2.72. The lowest BCUT2D eigenvalue weighted by atomic mass is 10.1. The Labute approximate surface area is 172 Å². The number of ether oxygens (including phenoxy) is 4. The highest BCUT2D eigenvalue weighted by atomic mass is 35.5. The third kappa shape index (κ3) is 5.23. The topological polar surface area (TPSA) is 71.1 Å². The molecule has 1 aliphatic rings. The van der Waals surface area contributed by atoms with E-state index in [1.807, 2.05) is 0 Å². The Balaban J connectivity index is 1.61. The largest absolute Gasteiger partial charge is 0.459 e. The van der Waals surface area contributed by atoms with E-state index in [0.717, 1.165) is 0 Å². The maximum absolute atomic E-state index is 12.4. The van der Waals surface area contributed by atoms with E-state index in [0.29, 0.717) is 27.6 Å². The Morgan fingerprint density at radius 2 is 1.50 bits per heavy atom. The zero-order valence-corrected chi connectivity index (χ0v) is 16.5. The normalized spacial score (nSPS) is 21.3. The van der Waals surface area contributed by atoms with Crippen LogP contribution in [0.4, 0.5) is 0 Å². The van der Waals surface area contributed by atoms with Gasteiger partial charge in [0.1, 0.15) is 18.8 Å². The number of hydrogen-bond donors (Lipinski definition) is 0. The van der Waals surface area contributed by atoms with Gasteiger partial charge in [-0.25, -0.2) is 9.59 Å². The Hall–Kier alpha value is -2.12. The molecular weight excluding hydrogens is 407 g/mol. The van der Waals surface area contributed by atoms with Crippen LogP contribution in [-0.4, -0.2) is 44.2 Å². The van der Waals surface area contributed by atoms with E-state index in [1.54, 1.807) is 48.5 Å². The molecule has 1 heterocycles. The lowest BCUT2D eigenvalue weighted by Crippen LogP contribution is -2.32. The number of benzene rings is 2. The average molecular weight is 425 g/mol. The van der Waals surface area contributed by atoms with Gasteiger partial charge in [0.05, 0.1) is 11.1 Å². The van der Waals surface area contributed by atoms with Crippen molar-refractivity contribution in [3.63, 3.8) is 0 Å². The summed E-state index contributed by atoms with van der Waals surface area (Å²) in [5, 5.41) is 1.04. The Morgan fingerprint density at radius 3 is 2.04 bits per heavy atom. The number of carbonyl (C=O) groups excluding carboxylic acids is 2. The SMILES string of the molecule is COC1C[C@H](OC(=O)c2ccc(Cl)cc2)[C@@H](COC(=O)c2ccc(Cl)cc2)O1. The molecule has 0 saturated carbocycles. The molecule has 0 N–H and O–H groups in total. The van der Waals surface area contributed by atoms with Crippen molar-refractivity contribution in [3.05, 3.63) is 69.7 Å². The Kier molecular flexibility index (Phi) is 6.91. The van der Waals surface area contributed by atoms with Gasteiger partial charge in [-0.05, 0) is 48.5 Å². The second-order valence-corrected chi connectivity index (χ2v) is 7.00. The minimum Gasteiger partial charge on any atom is -0.459 e. The molecule has 1 aliphatic heterocycles. The lowest BCUT2D eigenvalue weighted by molar-refractivity contribution is -0.128. The van der Waals surface area contributed by atoms with Crippen molar-refractivity contribution >= 4 is 35.1 Å². The van der Waals surface area contributed by atoms with E-state index in [1.165, 1.54) is 7.11 Å². The summed E-state index contributed by atoms with van der Waals surface area (Å²) in [6.07, 6.45) is -1.48. The summed E-state index contributed by atoms with van der Waals surface area (Å²) in [6.45, 7) is -0.0834. The fourth-order valence-corrected chi connectivity index (χ4v) is 2.97. The maximum atomic E-state index is 12.4. The molecule has 2 aromatic carbocycles. The quantitative estimate of drug-likeness (QED) is 0.648. The molecule has 1 fully saturated rings. The highest BCUT2D eigenvalue weighted by molar-refractivity contribution is 6.30. The van der Waals surface area contributed by atoms with Crippen LogP contribution in [0.3, 0.4) is 0 Å². The van der Waals surface area contributed by atoms with Gasteiger partial charge in [-0.2, -0.15) is 0 Å². The van der Waals surface area contributed by atoms with E-state index < -0.39 is 30.4 Å². The van der Waals surface area contributed by atoms with Crippen molar-refractivity contribution in [1.29, 1.82) is 0 Å². The molecule has 28 heavy (non-hydrogen) atoms. The van der Waals surface area contributed by atoms with E-state index in [2.05, 4.69) is 0 Å². The van der Waals surface area contributed by atoms with Crippen LogP contribution in [0, 0.1) is 0 Å². The van der Waals surface area contributed by atoms with Crippen molar-refractivity contribution in [3.8, 4) is 0 Å². The number of methoxy groups -OCH3 is 1. The zero-order valence-electron chi connectivity index (χ0n) is 15.0. The standard InChI is InChI=1S/C20H18Cl2O6/c1-25-18-10-16(28-20(24)13-4-8-15(22)9-5-13)17(27-18)11-26-19(23)12-2-6-14(21)7-3-12/h2-9,16-18H,10-11H2,1H3/t16-,17+,18?/m0/s1. The zero-order chi connectivity index (χ0) is 20.1. The van der Waals surface area contributed by atoms with Crippen LogP contribution in [0.5, 0.6) is 0 Å². The Bertz CT molecular complexity index is 822. The van der Waals surface area contributed by atoms with Crippen LogP contribution in [0.15, 0.2) is 48.5 Å². The van der Waals surface area contributed by atoms with Crippen LogP contribution in [0.1, 0.15) is 27.1 Å². The van der Waals surface area contributed by atoms with Crippen LogP contribution in [-0.2, 0) is 18.9 Å². The number of hydrogen-bond acceptors (Lipinski definition) is 6. The molecule has 0 bridgehead atoms. The van der Waals surface area contributed by atoms with Gasteiger partial charge >= 0.3 is 11.9 Å². The number of halogens is 2. The summed E-state index contributed by atoms with van der Waals surface area (Å²) in [5.41, 5.74) is 0.725. The summed E-state index contributed by atoms with van der Waals surface area (Å²) in [6, 6.07) is 12.7. The summed E-state index contributed by atoms with van der Waals surface area (Å²) in [5.74, 6) is -1.04. The molecule has 1 saturated heterocycles. The maximum Gasteiger partial charge on any atom is 0.338 e. The van der Waals surface area contributed by atoms with Crippen molar-refractivity contribution in [1.82, 2.24) is 0 Å². The minimum atomic E-state index is -0.641. The number of rotatable bonds is 6. The van der Waals surface area contributed by atoms with Crippen molar-refractivity contribution < 1.29 is 28.5 Å². The van der Waals surface area contributed by atoms with Crippen molar-refractivity contribution in [2.75, 3.05) is 13.7 Å². The molecule has 0 amide bonds. The molecule has 3 rings (SSSR count). The van der Waals surface area contributed by atoms with E-state index >= 15 is 0 Å². The smallest absolute Gasteiger partial charge is 0.338 e. The van der Waals surface area contributed by atoms with Gasteiger partial charge in [0.15, 0.2) is 6.29 Å². The highest BCUT2D eigenvalue weighted by Crippen LogP contribution is 2.26. The molecule has 3 atom stereocenters. The summed E-state index contributed by atoms with van der Waals surface area (Å²) in [4.78, 5) is 24.5. The molecule has 0 aliphatic carbocycles. The monoisotopic (exact) mass is 424 g/mol. The number of carbonyl (C=O) groups is 2. The van der Waals surface area contributed by atoms with Gasteiger partial charge in [-0.15, -0.1) is 0 Å². The first kappa shape index (κ1) is 20.6. The predicted octanol–water partition coefficient (Wildman–Crippen LogP) is 4.14. The second kappa shape index (κ2) is 9.39. The molecule has 0 aromatic heterocycles.